The third-order valence-corrected chi connectivity index (χ3v) is 20.9. The smallest absolute Gasteiger partial charge is 0.407 e. The number of allylic oxidation sites excluding steroid dienone is 1. The normalized spacial score (nSPS) is 15.3. The van der Waals surface area contributed by atoms with Crippen LogP contribution in [0, 0.1) is 23.1 Å². The molecule has 0 spiro atoms. The van der Waals surface area contributed by atoms with Crippen LogP contribution in [0.4, 0.5) is 20.6 Å². The molecule has 11 N–H and O–H groups in total. The lowest BCUT2D eigenvalue weighted by Gasteiger charge is -2.40. The number of nitrogens with one attached hydrogen (secondary N) is 8. The lowest BCUT2D eigenvalue weighted by atomic mass is 9.84. The molecule has 2 aliphatic heterocycles. The van der Waals surface area contributed by atoms with Crippen LogP contribution in [0.1, 0.15) is 183 Å². The summed E-state index contributed by atoms with van der Waals surface area (Å²) in [6, 6.07) is 17.2. The Morgan fingerprint density at radius 1 is 0.719 bits per heavy atom. The van der Waals surface area contributed by atoms with Gasteiger partial charge in [0, 0.05) is 74.9 Å². The van der Waals surface area contributed by atoms with Gasteiger partial charge in [0.05, 0.1) is 102 Å². The molecule has 6 atom stereocenters. The highest BCUT2D eigenvalue weighted by Crippen LogP contribution is 2.36. The van der Waals surface area contributed by atoms with Crippen LogP contribution in [0.15, 0.2) is 72.1 Å². The summed E-state index contributed by atoms with van der Waals surface area (Å²) >= 11 is 1.02. The number of hydrogen-bond acceptors (Lipinski definition) is 20. The van der Waals surface area contributed by atoms with Crippen molar-refractivity contribution in [2.75, 3.05) is 123 Å². The first-order chi connectivity index (χ1) is 54.6. The summed E-state index contributed by atoms with van der Waals surface area (Å²) in [7, 11) is 1.91. The van der Waals surface area contributed by atoms with Crippen molar-refractivity contribution < 1.29 is 85.9 Å². The van der Waals surface area contributed by atoms with E-state index in [4.69, 9.17) is 34.4 Å². The minimum Gasteiger partial charge on any atom is -0.481 e. The highest BCUT2D eigenvalue weighted by molar-refractivity contribution is 7.09. The fraction of sp³-hybridized carbons (Fsp3) is 0.585. The molecule has 1 aromatic heterocycles. The second-order valence-electron chi connectivity index (χ2n) is 29.8. The van der Waals surface area contributed by atoms with E-state index in [-0.39, 0.29) is 143 Å². The number of halogens is 1. The molecule has 3 heterocycles. The van der Waals surface area contributed by atoms with Crippen LogP contribution in [0.5, 0.6) is 0 Å². The van der Waals surface area contributed by atoms with Crippen LogP contribution in [0.3, 0.4) is 0 Å². The Labute approximate surface area is 672 Å². The summed E-state index contributed by atoms with van der Waals surface area (Å²) in [5.41, 5.74) is 9.63. The lowest BCUT2D eigenvalue weighted by Crippen LogP contribution is -2.59. The Morgan fingerprint density at radius 2 is 1.34 bits per heavy atom. The second-order valence-corrected chi connectivity index (χ2v) is 30.7. The van der Waals surface area contributed by atoms with Crippen molar-refractivity contribution in [2.24, 2.45) is 17.3 Å². The van der Waals surface area contributed by atoms with Crippen molar-refractivity contribution in [1.29, 1.82) is 0 Å². The van der Waals surface area contributed by atoms with Crippen LogP contribution in [0.2, 0.25) is 0 Å². The van der Waals surface area contributed by atoms with Gasteiger partial charge in [-0.05, 0) is 119 Å². The molecule has 0 unspecified atom stereocenters. The Kier molecular flexibility index (Phi) is 40.4. The van der Waals surface area contributed by atoms with E-state index in [1.165, 1.54) is 31.4 Å². The first-order valence-corrected chi connectivity index (χ1v) is 40.6. The van der Waals surface area contributed by atoms with Gasteiger partial charge in [-0.15, -0.1) is 11.3 Å². The van der Waals surface area contributed by atoms with Gasteiger partial charge in [-0.25, -0.2) is 14.2 Å². The predicted octanol–water partition coefficient (Wildman–Crippen LogP) is 7.24. The number of carbonyl (C=O) groups excluding carboxylic acids is 10. The summed E-state index contributed by atoms with van der Waals surface area (Å²) in [5.74, 6) is -6.34. The highest BCUT2D eigenvalue weighted by Gasteiger charge is 2.40. The van der Waals surface area contributed by atoms with E-state index in [2.05, 4.69) is 55.5 Å². The summed E-state index contributed by atoms with van der Waals surface area (Å²) in [6.07, 6.45) is 6.46. The number of ether oxygens (including phenoxy) is 5. The SMILES string of the molecule is CCCCCCN(C(=O)[C@@H](NC(=O)[C@H]1CCCCN1C)[C@@H](C)CC)[C@H](C[C@@H](OC(=O)NCCNC(=O)CNC(=O)CNC(=O)CNC(=O)CCOCCOCCOCCOCCNC(=O)CCC(=O)N1Cc2ccccc2/C=C(/C)c2ccccc21)c1nc(C(=O)N[C@@H](Cc2ccc(N)c(F)c2)CC(C)(C)C(=O)O)cs1)C(C)C. The number of amides is 10. The number of nitrogens with zero attached hydrogens (tertiary/aromatic N) is 4. The molecule has 1 saturated heterocycles. The largest absolute Gasteiger partial charge is 0.481 e. The number of carboxylic acid groups (broad SMARTS) is 1. The number of hydrogen-bond donors (Lipinski definition) is 10. The number of fused-ring (bicyclic) bond motifs is 2. The number of carbonyl (C=O) groups is 11. The van der Waals surface area contributed by atoms with E-state index in [1.807, 2.05) is 95.1 Å². The molecule has 2 aliphatic rings. The molecule has 0 radical (unpaired) electrons. The second kappa shape index (κ2) is 49.3. The van der Waals surface area contributed by atoms with Gasteiger partial charge in [0.25, 0.3) is 5.91 Å². The van der Waals surface area contributed by atoms with Gasteiger partial charge in [0.2, 0.25) is 47.3 Å². The molecule has 4 aromatic rings. The Morgan fingerprint density at radius 3 is 2.00 bits per heavy atom. The number of para-hydroxylation sites is 1. The van der Waals surface area contributed by atoms with Crippen molar-refractivity contribution in [1.82, 2.24) is 57.3 Å². The summed E-state index contributed by atoms with van der Waals surface area (Å²) < 4.78 is 42.9. The molecule has 0 aliphatic carbocycles. The van der Waals surface area contributed by atoms with Gasteiger partial charge in [-0.3, -0.25) is 52.8 Å². The average molecular weight is 1610 g/mol. The van der Waals surface area contributed by atoms with Gasteiger partial charge in [0.15, 0.2) is 6.10 Å². The van der Waals surface area contributed by atoms with E-state index < -0.39 is 103 Å². The third-order valence-electron chi connectivity index (χ3n) is 20.0. The first kappa shape index (κ1) is 93.4. The maximum atomic E-state index is 15.3. The van der Waals surface area contributed by atoms with Crippen molar-refractivity contribution in [3.8, 4) is 0 Å². The van der Waals surface area contributed by atoms with Crippen LogP contribution in [-0.2, 0) is 79.8 Å². The van der Waals surface area contributed by atoms with E-state index in [9.17, 15) is 57.4 Å². The molecular weight excluding hydrogens is 1490 g/mol. The monoisotopic (exact) mass is 1610 g/mol. The maximum Gasteiger partial charge on any atom is 0.407 e. The zero-order valence-corrected chi connectivity index (χ0v) is 68.4. The summed E-state index contributed by atoms with van der Waals surface area (Å²) in [5, 5.41) is 33.0. The number of rotatable bonds is 50. The molecule has 6 rings (SSSR count). The topological polar surface area (TPSA) is 399 Å². The van der Waals surface area contributed by atoms with Gasteiger partial charge in [-0.1, -0.05) is 121 Å². The number of aliphatic carboxylic acids is 1. The molecule has 3 aromatic carbocycles. The number of nitrogens with two attached hydrogens (primary N) is 1. The number of anilines is 2. The molecular formula is C82H120FN13O17S. The van der Waals surface area contributed by atoms with E-state index in [1.54, 1.807) is 15.9 Å². The number of benzene rings is 3. The Bertz CT molecular complexity index is 3840. The van der Waals surface area contributed by atoms with E-state index >= 15 is 4.79 Å². The number of carboxylic acids is 1. The molecule has 628 valence electrons. The van der Waals surface area contributed by atoms with Gasteiger partial charge in [-0.2, -0.15) is 0 Å². The minimum absolute atomic E-state index is 0.00303. The zero-order chi connectivity index (χ0) is 83.1. The Balaban J connectivity index is 0.885. The van der Waals surface area contributed by atoms with Crippen LogP contribution < -0.4 is 53.2 Å². The van der Waals surface area contributed by atoms with Crippen LogP contribution >= 0.6 is 11.3 Å². The number of unbranched alkanes of at least 4 members (excludes halogenated alkanes) is 3. The number of likely N-dealkylation sites (tertiary alicyclic amines) is 1. The molecule has 32 heteroatoms. The van der Waals surface area contributed by atoms with E-state index in [0.29, 0.717) is 57.7 Å². The number of alkyl carbamates (subject to hydrolysis) is 1. The van der Waals surface area contributed by atoms with Crippen molar-refractivity contribution >= 4 is 99.6 Å². The third kappa shape index (κ3) is 32.1. The molecule has 10 amide bonds. The van der Waals surface area contributed by atoms with Gasteiger partial charge in [0.1, 0.15) is 22.6 Å². The van der Waals surface area contributed by atoms with Gasteiger partial charge >= 0.3 is 12.1 Å². The summed E-state index contributed by atoms with van der Waals surface area (Å²) in [4.78, 5) is 157. The fourth-order valence-corrected chi connectivity index (χ4v) is 14.0. The average Bonchev–Trinajstić information content (AvgIpc) is 1.05. The number of aromatic nitrogens is 1. The lowest BCUT2D eigenvalue weighted by molar-refractivity contribution is -0.147. The number of piperidine rings is 1. The molecule has 1 fully saturated rings. The highest BCUT2D eigenvalue weighted by atomic mass is 32.1. The quantitative estimate of drug-likeness (QED) is 0.0154. The van der Waals surface area contributed by atoms with Gasteiger partial charge < -0.3 is 86.9 Å². The standard InChI is InChI=1S/C82H120FN13O17S/c1-10-12-13-19-35-95(79(105)75(55(5)11-2)93-77(104)66-25-18-20-34-94(66)9)67(54(3)4)47-68(78-92-64(53-114-78)76(103)91-60(48-82(7,8)80(106)107)45-57-26-27-63(84)62(83)46-57)113-81(108)87-32-31-85-71(99)49-89-73(101)51-90-72(100)50-88-70(98)30-36-109-38-40-111-42-43-112-41-39-110-37-33-86-69(97)28-29-74(102)96-52-59-22-15-14-21-58(59)44-56(6)61-23-16-17-24-65(61)96/h14-17,21-24,26-27,44,46,53-55,60,66-68,75H,10-13,18-20,25,28-43,45,47-52,84H2,1-9H3,(H,85,99)(H,86,97)(H,87,108)(H,88,98)(H,89,101)(H,90,100)(H,91,103)(H,93,104)(H,106,107)/b56-44-/t55-,60-,66+,67+,68+,75-/m0/s1. The minimum atomic E-state index is -1.32. The number of nitrogen functional groups attached to an aromatic ring is 1. The molecule has 0 saturated carbocycles. The van der Waals surface area contributed by atoms with Crippen LogP contribution in [-0.4, -0.2) is 222 Å². The molecule has 0 bridgehead atoms. The zero-order valence-electron chi connectivity index (χ0n) is 67.6. The first-order valence-electron chi connectivity index (χ1n) is 39.7. The summed E-state index contributed by atoms with van der Waals surface area (Å²) in [6.45, 7) is 16.9. The van der Waals surface area contributed by atoms with E-state index in [0.717, 1.165) is 77.9 Å². The maximum absolute atomic E-state index is 15.3. The van der Waals surface area contributed by atoms with Crippen LogP contribution in [0.25, 0.3) is 11.6 Å². The predicted molar refractivity (Wildman–Crippen MR) is 432 cm³/mol. The molecule has 30 nitrogen and oxygen atoms in total. The number of thiazole rings is 1. The van der Waals surface area contributed by atoms with Crippen molar-refractivity contribution in [3.63, 3.8) is 0 Å². The van der Waals surface area contributed by atoms with Crippen molar-refractivity contribution in [2.45, 2.75) is 182 Å². The fourth-order valence-electron chi connectivity index (χ4n) is 13.1. The number of likely N-dealkylation sites (N-methyl/N-ethyl adjacent to an activating group) is 1. The van der Waals surface area contributed by atoms with Crippen molar-refractivity contribution in [3.05, 3.63) is 111 Å². The Hall–Kier alpha value is -9.47. The molecule has 114 heavy (non-hydrogen) atoms.